The number of carbonyl (C=O) groups is 3. The molecule has 2 amide bonds. The molecule has 0 bridgehead atoms. The first-order chi connectivity index (χ1) is 18.5. The SMILES string of the molecule is CC(=O)c1ccc(N2CCN(C(=O)CSC3=NC(=Cc4ccccc4)C(=O)N3c3ccccc3)CC2)cc1. The van der Waals surface area contributed by atoms with Gasteiger partial charge in [-0.05, 0) is 55.0 Å². The number of para-hydroxylation sites is 1. The number of rotatable bonds is 6. The summed E-state index contributed by atoms with van der Waals surface area (Å²) < 4.78 is 0. The van der Waals surface area contributed by atoms with E-state index in [0.29, 0.717) is 29.5 Å². The molecule has 0 saturated carbocycles. The van der Waals surface area contributed by atoms with Crippen molar-refractivity contribution < 1.29 is 14.4 Å². The predicted molar refractivity (Wildman–Crippen MR) is 153 cm³/mol. The number of nitrogens with zero attached hydrogens (tertiary/aromatic N) is 4. The van der Waals surface area contributed by atoms with Gasteiger partial charge < -0.3 is 9.80 Å². The first-order valence-electron chi connectivity index (χ1n) is 12.5. The van der Waals surface area contributed by atoms with Gasteiger partial charge in [-0.1, -0.05) is 60.3 Å². The molecule has 3 aromatic carbocycles. The molecule has 3 aromatic rings. The van der Waals surface area contributed by atoms with Crippen LogP contribution in [0.3, 0.4) is 0 Å². The van der Waals surface area contributed by atoms with Crippen LogP contribution in [0.4, 0.5) is 11.4 Å². The number of benzene rings is 3. The lowest BCUT2D eigenvalue weighted by Crippen LogP contribution is -2.49. The van der Waals surface area contributed by atoms with Crippen molar-refractivity contribution in [1.29, 1.82) is 0 Å². The zero-order valence-electron chi connectivity index (χ0n) is 21.1. The Morgan fingerprint density at radius 1 is 0.842 bits per heavy atom. The molecule has 0 atom stereocenters. The summed E-state index contributed by atoms with van der Waals surface area (Å²) in [5.74, 6) is 0.0534. The van der Waals surface area contributed by atoms with Crippen LogP contribution in [0.25, 0.3) is 6.08 Å². The molecule has 7 nitrogen and oxygen atoms in total. The third-order valence-corrected chi connectivity index (χ3v) is 7.47. The summed E-state index contributed by atoms with van der Waals surface area (Å²) >= 11 is 1.29. The van der Waals surface area contributed by atoms with Crippen molar-refractivity contribution >= 4 is 52.0 Å². The molecule has 192 valence electrons. The molecular formula is C30H28N4O3S. The molecule has 2 aliphatic rings. The fraction of sp³-hybridized carbons (Fsp3) is 0.200. The van der Waals surface area contributed by atoms with Gasteiger partial charge in [-0.15, -0.1) is 0 Å². The van der Waals surface area contributed by atoms with E-state index in [9.17, 15) is 14.4 Å². The van der Waals surface area contributed by atoms with Crippen molar-refractivity contribution in [3.05, 3.63) is 102 Å². The molecule has 0 radical (unpaired) electrons. The third-order valence-electron chi connectivity index (χ3n) is 6.54. The van der Waals surface area contributed by atoms with Crippen LogP contribution >= 0.6 is 11.8 Å². The second-order valence-corrected chi connectivity index (χ2v) is 10.0. The maximum absolute atomic E-state index is 13.3. The molecule has 1 saturated heterocycles. The predicted octanol–water partition coefficient (Wildman–Crippen LogP) is 4.71. The second kappa shape index (κ2) is 11.5. The number of carbonyl (C=O) groups excluding carboxylic acids is 3. The van der Waals surface area contributed by atoms with E-state index in [1.807, 2.05) is 89.8 Å². The van der Waals surface area contributed by atoms with Crippen LogP contribution in [0.2, 0.25) is 0 Å². The number of ketones is 1. The minimum Gasteiger partial charge on any atom is -0.368 e. The molecule has 0 aliphatic carbocycles. The molecule has 1 fully saturated rings. The van der Waals surface area contributed by atoms with Crippen molar-refractivity contribution in [1.82, 2.24) is 4.90 Å². The fourth-order valence-corrected chi connectivity index (χ4v) is 5.36. The molecule has 0 unspecified atom stereocenters. The average Bonchev–Trinajstić information content (AvgIpc) is 3.27. The molecular weight excluding hydrogens is 496 g/mol. The maximum Gasteiger partial charge on any atom is 0.283 e. The van der Waals surface area contributed by atoms with Gasteiger partial charge in [-0.25, -0.2) is 4.99 Å². The van der Waals surface area contributed by atoms with Gasteiger partial charge in [-0.3, -0.25) is 19.3 Å². The molecule has 2 heterocycles. The molecule has 0 aromatic heterocycles. The molecule has 0 N–H and O–H groups in total. The highest BCUT2D eigenvalue weighted by Crippen LogP contribution is 2.29. The van der Waals surface area contributed by atoms with Crippen molar-refractivity contribution in [3.63, 3.8) is 0 Å². The molecule has 38 heavy (non-hydrogen) atoms. The minimum absolute atomic E-state index is 0.0187. The Kier molecular flexibility index (Phi) is 7.70. The van der Waals surface area contributed by atoms with Crippen molar-refractivity contribution in [2.24, 2.45) is 4.99 Å². The largest absolute Gasteiger partial charge is 0.368 e. The van der Waals surface area contributed by atoms with E-state index < -0.39 is 0 Å². The molecule has 8 heteroatoms. The van der Waals surface area contributed by atoms with Crippen LogP contribution in [-0.4, -0.2) is 59.6 Å². The molecule has 0 spiro atoms. The normalized spacial score (nSPS) is 16.7. The lowest BCUT2D eigenvalue weighted by Gasteiger charge is -2.36. The van der Waals surface area contributed by atoms with Crippen LogP contribution in [0.1, 0.15) is 22.8 Å². The Labute approximate surface area is 226 Å². The highest BCUT2D eigenvalue weighted by molar-refractivity contribution is 8.14. The van der Waals surface area contributed by atoms with E-state index in [-0.39, 0.29) is 23.4 Å². The van der Waals surface area contributed by atoms with Crippen LogP contribution in [0.15, 0.2) is 95.6 Å². The number of thioether (sulfide) groups is 1. The van der Waals surface area contributed by atoms with Crippen molar-refractivity contribution in [2.45, 2.75) is 6.92 Å². The first-order valence-corrected chi connectivity index (χ1v) is 13.5. The number of amides is 2. The third kappa shape index (κ3) is 5.70. The summed E-state index contributed by atoms with van der Waals surface area (Å²) in [5.41, 5.74) is 3.70. The van der Waals surface area contributed by atoms with E-state index >= 15 is 0 Å². The van der Waals surface area contributed by atoms with Gasteiger partial charge >= 0.3 is 0 Å². The Morgan fingerprint density at radius 3 is 2.11 bits per heavy atom. The van der Waals surface area contributed by atoms with E-state index in [4.69, 9.17) is 0 Å². The van der Waals surface area contributed by atoms with Gasteiger partial charge in [0, 0.05) is 37.4 Å². The van der Waals surface area contributed by atoms with Crippen LogP contribution in [0.5, 0.6) is 0 Å². The number of hydrogen-bond donors (Lipinski definition) is 0. The number of hydrogen-bond acceptors (Lipinski definition) is 6. The quantitative estimate of drug-likeness (QED) is 0.345. The van der Waals surface area contributed by atoms with Gasteiger partial charge in [0.2, 0.25) is 5.91 Å². The fourth-order valence-electron chi connectivity index (χ4n) is 4.44. The van der Waals surface area contributed by atoms with Crippen molar-refractivity contribution in [3.8, 4) is 0 Å². The summed E-state index contributed by atoms with van der Waals surface area (Å²) in [6, 6.07) is 26.6. The average molecular weight is 525 g/mol. The van der Waals surface area contributed by atoms with Gasteiger partial charge in [-0.2, -0.15) is 0 Å². The zero-order chi connectivity index (χ0) is 26.5. The summed E-state index contributed by atoms with van der Waals surface area (Å²) in [7, 11) is 0. The zero-order valence-corrected chi connectivity index (χ0v) is 21.9. The smallest absolute Gasteiger partial charge is 0.283 e. The van der Waals surface area contributed by atoms with E-state index in [1.54, 1.807) is 17.9 Å². The number of anilines is 2. The van der Waals surface area contributed by atoms with Gasteiger partial charge in [0.1, 0.15) is 5.70 Å². The summed E-state index contributed by atoms with van der Waals surface area (Å²) in [6.45, 7) is 4.22. The van der Waals surface area contributed by atoms with Gasteiger partial charge in [0.15, 0.2) is 11.0 Å². The Morgan fingerprint density at radius 2 is 1.47 bits per heavy atom. The number of piperazine rings is 1. The highest BCUT2D eigenvalue weighted by Gasteiger charge is 2.33. The van der Waals surface area contributed by atoms with E-state index in [0.717, 1.165) is 30.0 Å². The van der Waals surface area contributed by atoms with Crippen LogP contribution in [0, 0.1) is 0 Å². The lowest BCUT2D eigenvalue weighted by atomic mass is 10.1. The van der Waals surface area contributed by atoms with Gasteiger partial charge in [0.25, 0.3) is 5.91 Å². The second-order valence-electron chi connectivity index (χ2n) is 9.07. The highest BCUT2D eigenvalue weighted by atomic mass is 32.2. The number of Topliss-reactive ketones (excluding diaryl/α,β-unsaturated/α-hetero) is 1. The van der Waals surface area contributed by atoms with E-state index in [2.05, 4.69) is 9.89 Å². The Hall–Kier alpha value is -4.17. The topological polar surface area (TPSA) is 73.3 Å². The maximum atomic E-state index is 13.3. The Bertz CT molecular complexity index is 1380. The van der Waals surface area contributed by atoms with Crippen molar-refractivity contribution in [2.75, 3.05) is 41.7 Å². The number of amidine groups is 1. The van der Waals surface area contributed by atoms with Crippen LogP contribution in [-0.2, 0) is 9.59 Å². The molecule has 2 aliphatic heterocycles. The standard InChI is InChI=1S/C30H28N4O3S/c1-22(35)24-12-14-25(15-13-24)32-16-18-33(19-17-32)28(36)21-38-30-31-27(20-23-8-4-2-5-9-23)29(37)34(30)26-10-6-3-7-11-26/h2-15,20H,16-19,21H2,1H3. The Balaban J connectivity index is 1.24. The summed E-state index contributed by atoms with van der Waals surface area (Å²) in [5, 5.41) is 0.501. The summed E-state index contributed by atoms with van der Waals surface area (Å²) in [4.78, 5) is 48.2. The number of aliphatic imine (C=N–C) groups is 1. The monoisotopic (exact) mass is 524 g/mol. The van der Waals surface area contributed by atoms with Crippen LogP contribution < -0.4 is 9.80 Å². The summed E-state index contributed by atoms with van der Waals surface area (Å²) in [6.07, 6.45) is 1.77. The lowest BCUT2D eigenvalue weighted by molar-refractivity contribution is -0.128. The minimum atomic E-state index is -0.209. The molecule has 5 rings (SSSR count). The van der Waals surface area contributed by atoms with E-state index in [1.165, 1.54) is 11.8 Å². The van der Waals surface area contributed by atoms with Gasteiger partial charge in [0.05, 0.1) is 11.4 Å². The first kappa shape index (κ1) is 25.5.